The summed E-state index contributed by atoms with van der Waals surface area (Å²) in [7, 11) is 0. The summed E-state index contributed by atoms with van der Waals surface area (Å²) in [4.78, 5) is 36.1. The molecular formula is C26H26N4O4. The van der Waals surface area contributed by atoms with E-state index >= 15 is 0 Å². The predicted octanol–water partition coefficient (Wildman–Crippen LogP) is 3.72. The van der Waals surface area contributed by atoms with Crippen LogP contribution < -0.4 is 20.8 Å². The number of amides is 3. The Morgan fingerprint density at radius 3 is 2.24 bits per heavy atom. The lowest BCUT2D eigenvalue weighted by Gasteiger charge is -2.09. The van der Waals surface area contributed by atoms with Gasteiger partial charge in [-0.1, -0.05) is 30.3 Å². The Bertz CT molecular complexity index is 1220. The van der Waals surface area contributed by atoms with E-state index in [2.05, 4.69) is 21.2 Å². The Morgan fingerprint density at radius 2 is 1.50 bits per heavy atom. The van der Waals surface area contributed by atoms with Gasteiger partial charge in [-0.05, 0) is 79.4 Å². The summed E-state index contributed by atoms with van der Waals surface area (Å²) in [5.41, 5.74) is 7.12. The number of benzene rings is 3. The third kappa shape index (κ3) is 7.59. The van der Waals surface area contributed by atoms with Crippen molar-refractivity contribution >= 4 is 35.3 Å². The highest BCUT2D eigenvalue weighted by Gasteiger charge is 2.12. The van der Waals surface area contributed by atoms with Gasteiger partial charge in [-0.2, -0.15) is 5.10 Å². The van der Waals surface area contributed by atoms with Crippen molar-refractivity contribution in [2.45, 2.75) is 20.8 Å². The Labute approximate surface area is 198 Å². The molecule has 174 valence electrons. The van der Waals surface area contributed by atoms with E-state index < -0.39 is 11.8 Å². The molecule has 3 rings (SSSR count). The second-order valence-electron chi connectivity index (χ2n) is 7.81. The van der Waals surface area contributed by atoms with Crippen LogP contribution in [-0.2, 0) is 14.4 Å². The number of nitrogens with zero attached hydrogens (tertiary/aromatic N) is 1. The summed E-state index contributed by atoms with van der Waals surface area (Å²) in [5, 5.41) is 9.13. The van der Waals surface area contributed by atoms with Crippen LogP contribution in [0.3, 0.4) is 0 Å². The molecule has 34 heavy (non-hydrogen) atoms. The molecule has 0 aliphatic rings. The molecule has 8 heteroatoms. The van der Waals surface area contributed by atoms with Gasteiger partial charge < -0.3 is 15.4 Å². The fourth-order valence-corrected chi connectivity index (χ4v) is 3.20. The fourth-order valence-electron chi connectivity index (χ4n) is 3.20. The van der Waals surface area contributed by atoms with Gasteiger partial charge in [0.15, 0.2) is 6.61 Å². The largest absolute Gasteiger partial charge is 0.484 e. The van der Waals surface area contributed by atoms with Crippen LogP contribution >= 0.6 is 0 Å². The maximum Gasteiger partial charge on any atom is 0.329 e. The third-order valence-electron chi connectivity index (χ3n) is 4.60. The topological polar surface area (TPSA) is 109 Å². The molecule has 0 aliphatic carbocycles. The fraction of sp³-hybridized carbons (Fsp3) is 0.154. The van der Waals surface area contributed by atoms with Crippen LogP contribution in [-0.4, -0.2) is 30.5 Å². The molecule has 0 fully saturated rings. The number of ether oxygens (including phenoxy) is 1. The number of aryl methyl sites for hydroxylation is 3. The van der Waals surface area contributed by atoms with Gasteiger partial charge in [0.05, 0.1) is 6.21 Å². The van der Waals surface area contributed by atoms with Crippen LogP contribution in [0.2, 0.25) is 0 Å². The van der Waals surface area contributed by atoms with E-state index in [4.69, 9.17) is 4.74 Å². The highest BCUT2D eigenvalue weighted by Crippen LogP contribution is 2.15. The standard InChI is InChI=1S/C26H26N4O4/c1-17-6-4-8-21(11-17)29-25(32)26(33)30-27-15-20-7-5-9-23(14-20)34-16-24(31)28-22-12-18(2)10-19(3)13-22/h4-15H,16H2,1-3H3,(H,28,31)(H,29,32)(H,30,33)/b27-15+. The molecule has 8 nitrogen and oxygen atoms in total. The average molecular weight is 459 g/mol. The van der Waals surface area contributed by atoms with Gasteiger partial charge in [-0.25, -0.2) is 5.43 Å². The summed E-state index contributed by atoms with van der Waals surface area (Å²) in [6.07, 6.45) is 1.38. The van der Waals surface area contributed by atoms with Crippen molar-refractivity contribution in [1.29, 1.82) is 0 Å². The van der Waals surface area contributed by atoms with Gasteiger partial charge in [-0.3, -0.25) is 14.4 Å². The Kier molecular flexibility index (Phi) is 8.12. The van der Waals surface area contributed by atoms with Gasteiger partial charge in [-0.15, -0.1) is 0 Å². The highest BCUT2D eigenvalue weighted by molar-refractivity contribution is 6.39. The first kappa shape index (κ1) is 24.2. The van der Waals surface area contributed by atoms with Crippen LogP contribution in [0.25, 0.3) is 0 Å². The number of hydrogen-bond acceptors (Lipinski definition) is 5. The van der Waals surface area contributed by atoms with Crippen molar-refractivity contribution in [1.82, 2.24) is 5.43 Å². The number of nitrogens with one attached hydrogen (secondary N) is 3. The van der Waals surface area contributed by atoms with Crippen molar-refractivity contribution in [2.24, 2.45) is 5.10 Å². The van der Waals surface area contributed by atoms with E-state index in [-0.39, 0.29) is 12.5 Å². The number of carbonyl (C=O) groups is 3. The molecule has 0 atom stereocenters. The molecule has 3 amide bonds. The van der Waals surface area contributed by atoms with Crippen LogP contribution in [0, 0.1) is 20.8 Å². The van der Waals surface area contributed by atoms with Gasteiger partial charge in [0, 0.05) is 11.4 Å². The second-order valence-corrected chi connectivity index (χ2v) is 7.81. The van der Waals surface area contributed by atoms with Crippen LogP contribution in [0.1, 0.15) is 22.3 Å². The van der Waals surface area contributed by atoms with Crippen molar-refractivity contribution in [2.75, 3.05) is 17.2 Å². The molecule has 0 bridgehead atoms. The molecule has 3 N–H and O–H groups in total. The monoisotopic (exact) mass is 458 g/mol. The maximum absolute atomic E-state index is 12.2. The molecule has 0 saturated carbocycles. The van der Waals surface area contributed by atoms with Gasteiger partial charge in [0.25, 0.3) is 5.91 Å². The van der Waals surface area contributed by atoms with Crippen LogP contribution in [0.5, 0.6) is 5.75 Å². The predicted molar refractivity (Wildman–Crippen MR) is 132 cm³/mol. The number of anilines is 2. The van der Waals surface area contributed by atoms with Gasteiger partial charge in [0.1, 0.15) is 5.75 Å². The van der Waals surface area contributed by atoms with E-state index in [1.165, 1.54) is 6.21 Å². The van der Waals surface area contributed by atoms with Crippen LogP contribution in [0.15, 0.2) is 71.8 Å². The molecule has 0 unspecified atom stereocenters. The number of carbonyl (C=O) groups excluding carboxylic acids is 3. The zero-order valence-corrected chi connectivity index (χ0v) is 19.2. The van der Waals surface area contributed by atoms with E-state index in [9.17, 15) is 14.4 Å². The van der Waals surface area contributed by atoms with Gasteiger partial charge >= 0.3 is 11.8 Å². The Balaban J connectivity index is 1.49. The minimum Gasteiger partial charge on any atom is -0.484 e. The van der Waals surface area contributed by atoms with Crippen molar-refractivity contribution in [3.8, 4) is 5.75 Å². The molecule has 0 aliphatic heterocycles. The first-order valence-electron chi connectivity index (χ1n) is 10.6. The summed E-state index contributed by atoms with van der Waals surface area (Å²) >= 11 is 0. The first-order chi connectivity index (χ1) is 16.3. The zero-order chi connectivity index (χ0) is 24.5. The molecule has 0 radical (unpaired) electrons. The summed E-state index contributed by atoms with van der Waals surface area (Å²) < 4.78 is 5.56. The molecular weight excluding hydrogens is 432 g/mol. The summed E-state index contributed by atoms with van der Waals surface area (Å²) in [6, 6.07) is 19.7. The molecule has 0 aromatic heterocycles. The molecule has 3 aromatic carbocycles. The van der Waals surface area contributed by atoms with E-state index in [1.807, 2.05) is 45.0 Å². The third-order valence-corrected chi connectivity index (χ3v) is 4.60. The SMILES string of the molecule is Cc1cc(C)cc(NC(=O)COc2cccc(/C=N/NC(=O)C(=O)Nc3cccc(C)c3)c2)c1. The van der Waals surface area contributed by atoms with Crippen molar-refractivity contribution in [3.05, 3.63) is 89.0 Å². The molecule has 3 aromatic rings. The molecule has 0 saturated heterocycles. The molecule has 0 heterocycles. The number of rotatable bonds is 7. The number of hydrazone groups is 1. The number of hydrogen-bond donors (Lipinski definition) is 3. The zero-order valence-electron chi connectivity index (χ0n) is 19.2. The average Bonchev–Trinajstić information content (AvgIpc) is 2.77. The lowest BCUT2D eigenvalue weighted by molar-refractivity contribution is -0.136. The smallest absolute Gasteiger partial charge is 0.329 e. The van der Waals surface area contributed by atoms with Crippen molar-refractivity contribution < 1.29 is 19.1 Å². The first-order valence-corrected chi connectivity index (χ1v) is 10.6. The second kappa shape index (κ2) is 11.4. The Morgan fingerprint density at radius 1 is 0.794 bits per heavy atom. The summed E-state index contributed by atoms with van der Waals surface area (Å²) in [6.45, 7) is 5.65. The molecule has 0 spiro atoms. The van der Waals surface area contributed by atoms with Crippen LogP contribution in [0.4, 0.5) is 11.4 Å². The lowest BCUT2D eigenvalue weighted by atomic mass is 10.1. The van der Waals surface area contributed by atoms with Crippen molar-refractivity contribution in [3.63, 3.8) is 0 Å². The minimum absolute atomic E-state index is 0.163. The Hall–Kier alpha value is -4.46. The quantitative estimate of drug-likeness (QED) is 0.285. The normalized spacial score (nSPS) is 10.6. The summed E-state index contributed by atoms with van der Waals surface area (Å²) in [5.74, 6) is -1.54. The van der Waals surface area contributed by atoms with E-state index in [0.717, 1.165) is 16.7 Å². The minimum atomic E-state index is -0.895. The lowest BCUT2D eigenvalue weighted by Crippen LogP contribution is -2.32. The van der Waals surface area contributed by atoms with E-state index in [1.54, 1.807) is 42.5 Å². The highest BCUT2D eigenvalue weighted by atomic mass is 16.5. The maximum atomic E-state index is 12.2. The van der Waals surface area contributed by atoms with E-state index in [0.29, 0.717) is 22.7 Å². The van der Waals surface area contributed by atoms with Gasteiger partial charge in [0.2, 0.25) is 0 Å².